The first-order valence-corrected chi connectivity index (χ1v) is 15.3. The van der Waals surface area contributed by atoms with Crippen molar-refractivity contribution in [1.82, 2.24) is 20.1 Å². The van der Waals surface area contributed by atoms with Crippen LogP contribution in [-0.4, -0.2) is 58.6 Å². The van der Waals surface area contributed by atoms with Gasteiger partial charge in [0.1, 0.15) is 11.4 Å². The maximum absolute atomic E-state index is 14.4. The second-order valence-corrected chi connectivity index (χ2v) is 11.6. The summed E-state index contributed by atoms with van der Waals surface area (Å²) < 4.78 is 2.25. The van der Waals surface area contributed by atoms with Crippen LogP contribution in [-0.2, 0) is 4.79 Å². The number of phenolic OH excluding ortho intramolecular Hbond substituents is 1. The van der Waals surface area contributed by atoms with Crippen molar-refractivity contribution < 1.29 is 14.7 Å². The number of amides is 2. The second-order valence-electron chi connectivity index (χ2n) is 11.6. The number of aromatic nitrogens is 1. The molecule has 42 heavy (non-hydrogen) atoms. The second kappa shape index (κ2) is 12.4. The highest BCUT2D eigenvalue weighted by molar-refractivity contribution is 6.03. The average molecular weight is 565 g/mol. The zero-order valence-corrected chi connectivity index (χ0v) is 24.3. The van der Waals surface area contributed by atoms with Crippen LogP contribution in [0.4, 0.5) is 0 Å². The first kappa shape index (κ1) is 28.0. The van der Waals surface area contributed by atoms with Crippen molar-refractivity contribution in [3.8, 4) is 5.75 Å². The zero-order valence-electron chi connectivity index (χ0n) is 24.3. The smallest absolute Gasteiger partial charge is 0.268 e. The van der Waals surface area contributed by atoms with Gasteiger partial charge in [-0.25, -0.2) is 0 Å². The van der Waals surface area contributed by atoms with E-state index in [4.69, 9.17) is 0 Å². The minimum Gasteiger partial charge on any atom is -0.508 e. The summed E-state index contributed by atoms with van der Waals surface area (Å²) in [5, 5.41) is 18.1. The highest BCUT2D eigenvalue weighted by Gasteiger charge is 2.34. The van der Waals surface area contributed by atoms with Crippen LogP contribution in [0.2, 0.25) is 0 Å². The van der Waals surface area contributed by atoms with Gasteiger partial charge in [-0.15, -0.1) is 0 Å². The Bertz CT molecular complexity index is 1540. The molecule has 0 saturated carbocycles. The molecule has 2 aliphatic heterocycles. The molecule has 3 aromatic carbocycles. The molecular weight excluding hydrogens is 524 g/mol. The van der Waals surface area contributed by atoms with Gasteiger partial charge in [-0.1, -0.05) is 60.7 Å². The number of nitrogens with one attached hydrogen (secondary N) is 2. The molecule has 7 nitrogen and oxygen atoms in total. The molecule has 4 aromatic rings. The third-order valence-corrected chi connectivity index (χ3v) is 8.96. The maximum atomic E-state index is 14.4. The number of likely N-dealkylation sites (tertiary alicyclic amines) is 1. The van der Waals surface area contributed by atoms with Crippen molar-refractivity contribution in [3.05, 3.63) is 101 Å². The fraction of sp³-hybridized carbons (Fsp3) is 0.371. The summed E-state index contributed by atoms with van der Waals surface area (Å²) in [6.45, 7) is 5.17. The van der Waals surface area contributed by atoms with Crippen LogP contribution in [0.5, 0.6) is 5.75 Å². The molecule has 3 N–H and O–H groups in total. The van der Waals surface area contributed by atoms with E-state index in [1.54, 1.807) is 12.1 Å². The van der Waals surface area contributed by atoms with E-state index in [1.165, 1.54) is 0 Å². The van der Waals surface area contributed by atoms with Crippen molar-refractivity contribution in [3.63, 3.8) is 0 Å². The van der Waals surface area contributed by atoms with Crippen molar-refractivity contribution in [2.45, 2.75) is 57.0 Å². The Kier molecular flexibility index (Phi) is 8.29. The number of benzene rings is 3. The normalized spacial score (nSPS) is 18.5. The van der Waals surface area contributed by atoms with Gasteiger partial charge in [-0.05, 0) is 68.5 Å². The van der Waals surface area contributed by atoms with Crippen LogP contribution in [0.15, 0.2) is 78.9 Å². The predicted molar refractivity (Wildman–Crippen MR) is 166 cm³/mol. The Morgan fingerprint density at radius 2 is 1.74 bits per heavy atom. The number of aromatic hydroxyl groups is 1. The molecule has 1 aromatic heterocycles. The molecule has 2 fully saturated rings. The highest BCUT2D eigenvalue weighted by Crippen LogP contribution is 2.42. The molecular formula is C35H40N4O3. The molecule has 0 spiro atoms. The molecule has 2 amide bonds. The molecule has 0 aliphatic carbocycles. The lowest BCUT2D eigenvalue weighted by atomic mass is 9.83. The molecule has 218 valence electrons. The Morgan fingerprint density at radius 3 is 2.45 bits per heavy atom. The number of carbonyl (C=O) groups is 2. The number of para-hydroxylation sites is 1. The van der Waals surface area contributed by atoms with E-state index in [-0.39, 0.29) is 35.6 Å². The Morgan fingerprint density at radius 1 is 1.00 bits per heavy atom. The lowest BCUT2D eigenvalue weighted by Gasteiger charge is -2.26. The summed E-state index contributed by atoms with van der Waals surface area (Å²) in [7, 11) is 0. The molecule has 7 heteroatoms. The molecule has 3 unspecified atom stereocenters. The van der Waals surface area contributed by atoms with E-state index in [0.717, 1.165) is 59.9 Å². The van der Waals surface area contributed by atoms with Crippen LogP contribution in [0.1, 0.15) is 78.2 Å². The topological polar surface area (TPSA) is 86.6 Å². The van der Waals surface area contributed by atoms with Crippen LogP contribution in [0, 0.1) is 0 Å². The first-order chi connectivity index (χ1) is 20.5. The van der Waals surface area contributed by atoms with Gasteiger partial charge in [0.25, 0.3) is 5.91 Å². The van der Waals surface area contributed by atoms with E-state index >= 15 is 0 Å². The molecule has 2 aliphatic rings. The van der Waals surface area contributed by atoms with E-state index in [9.17, 15) is 14.7 Å². The Balaban J connectivity index is 1.47. The fourth-order valence-electron chi connectivity index (χ4n) is 6.87. The number of hydrogen-bond acceptors (Lipinski definition) is 4. The molecule has 0 radical (unpaired) electrons. The van der Waals surface area contributed by atoms with Gasteiger partial charge < -0.3 is 25.2 Å². The number of carbonyl (C=O) groups excluding carboxylic acids is 2. The summed E-state index contributed by atoms with van der Waals surface area (Å²) >= 11 is 0. The summed E-state index contributed by atoms with van der Waals surface area (Å²) in [5.41, 5.74) is 4.78. The average Bonchev–Trinajstić information content (AvgIpc) is 3.77. The van der Waals surface area contributed by atoms with Crippen LogP contribution in [0.25, 0.3) is 10.9 Å². The minimum atomic E-state index is -0.218. The van der Waals surface area contributed by atoms with Gasteiger partial charge >= 0.3 is 0 Å². The third-order valence-electron chi connectivity index (χ3n) is 8.96. The largest absolute Gasteiger partial charge is 0.508 e. The van der Waals surface area contributed by atoms with Crippen molar-refractivity contribution in [2.75, 3.05) is 26.2 Å². The number of phenols is 1. The lowest BCUT2D eigenvalue weighted by Crippen LogP contribution is -2.35. The molecule has 2 saturated heterocycles. The lowest BCUT2D eigenvalue weighted by molar-refractivity contribution is -0.127. The predicted octanol–water partition coefficient (Wildman–Crippen LogP) is 5.58. The first-order valence-electron chi connectivity index (χ1n) is 15.3. The van der Waals surface area contributed by atoms with Gasteiger partial charge in [-0.3, -0.25) is 9.59 Å². The van der Waals surface area contributed by atoms with Crippen LogP contribution < -0.4 is 10.6 Å². The maximum Gasteiger partial charge on any atom is 0.268 e. The molecule has 3 heterocycles. The summed E-state index contributed by atoms with van der Waals surface area (Å²) in [5.74, 6) is 0.104. The number of hydrogen-bond donors (Lipinski definition) is 3. The zero-order chi connectivity index (χ0) is 29.1. The molecule has 6 rings (SSSR count). The minimum absolute atomic E-state index is 0.0605. The van der Waals surface area contributed by atoms with Gasteiger partial charge in [0.2, 0.25) is 5.91 Å². The summed E-state index contributed by atoms with van der Waals surface area (Å²) in [6.07, 6.45) is 4.44. The van der Waals surface area contributed by atoms with Gasteiger partial charge in [0.15, 0.2) is 0 Å². The van der Waals surface area contributed by atoms with Gasteiger partial charge in [0, 0.05) is 60.5 Å². The third kappa shape index (κ3) is 5.53. The van der Waals surface area contributed by atoms with E-state index in [1.807, 2.05) is 47.4 Å². The number of nitrogens with zero attached hydrogens (tertiary/aromatic N) is 2. The van der Waals surface area contributed by atoms with Gasteiger partial charge in [0.05, 0.1) is 0 Å². The molecule has 0 bridgehead atoms. The van der Waals surface area contributed by atoms with Crippen molar-refractivity contribution in [1.29, 1.82) is 0 Å². The monoisotopic (exact) mass is 564 g/mol. The van der Waals surface area contributed by atoms with Gasteiger partial charge in [-0.2, -0.15) is 0 Å². The van der Waals surface area contributed by atoms with Crippen LogP contribution in [0.3, 0.4) is 0 Å². The highest BCUT2D eigenvalue weighted by atomic mass is 16.3. The quantitative estimate of drug-likeness (QED) is 0.220. The number of rotatable bonds is 10. The van der Waals surface area contributed by atoms with E-state index in [2.05, 4.69) is 46.4 Å². The standard InChI is InChI=1S/C35H40N4O3/c1-24(29-13-7-20-36-29)39-30-14-6-5-12-28(30)33(34(39)35(42)37-21-9-23-38-22-8-15-31(38)41)32(25-10-3-2-4-11-25)26-16-18-27(40)19-17-26/h2-6,10-12,14,16-19,24,29,32,36,40H,7-9,13,15,20-23H2,1H3,(H,37,42). The fourth-order valence-corrected chi connectivity index (χ4v) is 6.87. The summed E-state index contributed by atoms with van der Waals surface area (Å²) in [4.78, 5) is 28.4. The van der Waals surface area contributed by atoms with E-state index < -0.39 is 0 Å². The number of fused-ring (bicyclic) bond motifs is 1. The Labute approximate surface area is 247 Å². The van der Waals surface area contributed by atoms with Crippen LogP contribution >= 0.6 is 0 Å². The van der Waals surface area contributed by atoms with Crippen molar-refractivity contribution >= 4 is 22.7 Å². The van der Waals surface area contributed by atoms with Crippen molar-refractivity contribution in [2.24, 2.45) is 0 Å². The molecule has 3 atom stereocenters. The van der Waals surface area contributed by atoms with E-state index in [0.29, 0.717) is 31.6 Å². The SMILES string of the molecule is CC(C1CCCN1)n1c(C(=O)NCCCN2CCCC2=O)c(C(c2ccccc2)c2ccc(O)cc2)c2ccccc21. The summed E-state index contributed by atoms with van der Waals surface area (Å²) in [6, 6.07) is 26.3. The Hall–Kier alpha value is -4.10.